The molecule has 3 aromatic carbocycles. The molecule has 0 spiro atoms. The fourth-order valence-electron chi connectivity index (χ4n) is 2.64. The lowest BCUT2D eigenvalue weighted by Crippen LogP contribution is -2.19. The van der Waals surface area contributed by atoms with E-state index in [-0.39, 0.29) is 11.3 Å². The van der Waals surface area contributed by atoms with Crippen molar-refractivity contribution in [3.63, 3.8) is 0 Å². The second kappa shape index (κ2) is 6.77. The summed E-state index contributed by atoms with van der Waals surface area (Å²) in [5.74, 6) is -0.498. The Bertz CT molecular complexity index is 990. The first kappa shape index (κ1) is 16.7. The zero-order valence-electron chi connectivity index (χ0n) is 14.5. The molecule has 0 heterocycles. The number of hydrazone groups is 1. The molecule has 4 nitrogen and oxygen atoms in total. The molecule has 0 unspecified atom stereocenters. The summed E-state index contributed by atoms with van der Waals surface area (Å²) in [6, 6.07) is 16.9. The van der Waals surface area contributed by atoms with Crippen molar-refractivity contribution in [2.75, 3.05) is 0 Å². The van der Waals surface area contributed by atoms with E-state index in [0.29, 0.717) is 5.71 Å². The minimum absolute atomic E-state index is 0.0600. The third-order valence-electron chi connectivity index (χ3n) is 4.36. The quantitative estimate of drug-likeness (QED) is 0.554. The zero-order valence-corrected chi connectivity index (χ0v) is 14.5. The highest BCUT2D eigenvalue weighted by Gasteiger charge is 2.12. The summed E-state index contributed by atoms with van der Waals surface area (Å²) in [6.45, 7) is 5.93. The number of nitrogens with zero attached hydrogens (tertiary/aromatic N) is 1. The number of carbonyl (C=O) groups is 1. The summed E-state index contributed by atoms with van der Waals surface area (Å²) in [5, 5.41) is 16.1. The largest absolute Gasteiger partial charge is 0.507 e. The number of hydrogen-bond donors (Lipinski definition) is 2. The highest BCUT2D eigenvalue weighted by molar-refractivity contribution is 6.03. The Morgan fingerprint density at radius 2 is 1.64 bits per heavy atom. The molecule has 0 atom stereocenters. The van der Waals surface area contributed by atoms with Crippen molar-refractivity contribution in [2.24, 2.45) is 5.10 Å². The predicted molar refractivity (Wildman–Crippen MR) is 101 cm³/mol. The van der Waals surface area contributed by atoms with Crippen LogP contribution in [-0.4, -0.2) is 16.7 Å². The van der Waals surface area contributed by atoms with Crippen LogP contribution in [0.3, 0.4) is 0 Å². The standard InChI is InChI=1S/C21H20N2O2/c1-13-8-9-16(10-14(13)2)15(3)22-23-21(25)19-11-17-6-4-5-7-18(17)12-20(19)24/h4-12,24H,1-3H3,(H,23,25)/b22-15+. The minimum Gasteiger partial charge on any atom is -0.507 e. The van der Waals surface area contributed by atoms with Crippen LogP contribution in [-0.2, 0) is 0 Å². The number of carbonyl (C=O) groups excluding carboxylic acids is 1. The van der Waals surface area contributed by atoms with E-state index >= 15 is 0 Å². The maximum atomic E-state index is 12.4. The van der Waals surface area contributed by atoms with Crippen molar-refractivity contribution in [3.8, 4) is 5.75 Å². The average Bonchev–Trinajstić information content (AvgIpc) is 2.61. The summed E-state index contributed by atoms with van der Waals surface area (Å²) < 4.78 is 0. The number of amides is 1. The molecular formula is C21H20N2O2. The lowest BCUT2D eigenvalue weighted by molar-refractivity contribution is 0.0952. The van der Waals surface area contributed by atoms with Crippen molar-refractivity contribution >= 4 is 22.4 Å². The van der Waals surface area contributed by atoms with Crippen LogP contribution in [0.5, 0.6) is 5.75 Å². The van der Waals surface area contributed by atoms with Crippen molar-refractivity contribution in [1.82, 2.24) is 5.43 Å². The monoisotopic (exact) mass is 332 g/mol. The third kappa shape index (κ3) is 3.53. The summed E-state index contributed by atoms with van der Waals surface area (Å²) in [5.41, 5.74) is 6.77. The SMILES string of the molecule is C/C(=N\NC(=O)c1cc2ccccc2cc1O)c1ccc(C)c(C)c1. The molecule has 126 valence electrons. The maximum absolute atomic E-state index is 12.4. The molecule has 0 saturated carbocycles. The first-order valence-corrected chi connectivity index (χ1v) is 8.10. The number of hydrogen-bond acceptors (Lipinski definition) is 3. The molecule has 2 N–H and O–H groups in total. The molecule has 0 saturated heterocycles. The number of fused-ring (bicyclic) bond motifs is 1. The van der Waals surface area contributed by atoms with Crippen LogP contribution >= 0.6 is 0 Å². The van der Waals surface area contributed by atoms with Crippen LogP contribution in [0.2, 0.25) is 0 Å². The molecule has 0 bridgehead atoms. The molecule has 4 heteroatoms. The Labute approximate surface area is 146 Å². The molecule has 3 aromatic rings. The van der Waals surface area contributed by atoms with Gasteiger partial charge in [0.1, 0.15) is 5.75 Å². The van der Waals surface area contributed by atoms with E-state index in [1.54, 1.807) is 12.1 Å². The summed E-state index contributed by atoms with van der Waals surface area (Å²) >= 11 is 0. The smallest absolute Gasteiger partial charge is 0.275 e. The average molecular weight is 332 g/mol. The van der Waals surface area contributed by atoms with Crippen molar-refractivity contribution in [1.29, 1.82) is 0 Å². The van der Waals surface area contributed by atoms with E-state index in [0.717, 1.165) is 16.3 Å². The zero-order chi connectivity index (χ0) is 18.0. The van der Waals surface area contributed by atoms with Gasteiger partial charge < -0.3 is 5.11 Å². The summed E-state index contributed by atoms with van der Waals surface area (Å²) in [6.07, 6.45) is 0. The second-order valence-electron chi connectivity index (χ2n) is 6.15. The molecule has 0 aliphatic carbocycles. The van der Waals surface area contributed by atoms with Gasteiger partial charge >= 0.3 is 0 Å². The number of phenols is 1. The Balaban J connectivity index is 1.84. The van der Waals surface area contributed by atoms with E-state index in [9.17, 15) is 9.90 Å². The topological polar surface area (TPSA) is 61.7 Å². The van der Waals surface area contributed by atoms with Gasteiger partial charge in [-0.2, -0.15) is 5.10 Å². The molecular weight excluding hydrogens is 312 g/mol. The predicted octanol–water partition coefficient (Wildman–Crippen LogP) is 4.32. The Morgan fingerprint density at radius 3 is 2.32 bits per heavy atom. The number of aryl methyl sites for hydroxylation is 2. The van der Waals surface area contributed by atoms with Gasteiger partial charge in [0.15, 0.2) is 0 Å². The van der Waals surface area contributed by atoms with Crippen molar-refractivity contribution in [2.45, 2.75) is 20.8 Å². The van der Waals surface area contributed by atoms with Gasteiger partial charge in [-0.05, 0) is 66.4 Å². The molecule has 0 fully saturated rings. The fraction of sp³-hybridized carbons (Fsp3) is 0.143. The molecule has 1 amide bonds. The highest BCUT2D eigenvalue weighted by Crippen LogP contribution is 2.24. The normalized spacial score (nSPS) is 11.6. The lowest BCUT2D eigenvalue weighted by Gasteiger charge is -2.08. The van der Waals surface area contributed by atoms with E-state index in [4.69, 9.17) is 0 Å². The van der Waals surface area contributed by atoms with E-state index in [1.807, 2.05) is 56.3 Å². The van der Waals surface area contributed by atoms with Crippen molar-refractivity contribution in [3.05, 3.63) is 76.9 Å². The second-order valence-corrected chi connectivity index (χ2v) is 6.15. The molecule has 0 aromatic heterocycles. The fourth-order valence-corrected chi connectivity index (χ4v) is 2.64. The Morgan fingerprint density at radius 1 is 0.960 bits per heavy atom. The Hall–Kier alpha value is -3.14. The molecule has 3 rings (SSSR count). The third-order valence-corrected chi connectivity index (χ3v) is 4.36. The molecule has 25 heavy (non-hydrogen) atoms. The van der Waals surface area contributed by atoms with Gasteiger partial charge in [-0.1, -0.05) is 36.4 Å². The van der Waals surface area contributed by atoms with Crippen LogP contribution in [0.15, 0.2) is 59.7 Å². The maximum Gasteiger partial charge on any atom is 0.275 e. The lowest BCUT2D eigenvalue weighted by atomic mass is 10.0. The molecule has 0 radical (unpaired) electrons. The Kier molecular flexibility index (Phi) is 4.52. The molecule has 0 aliphatic rings. The first-order valence-electron chi connectivity index (χ1n) is 8.10. The number of phenolic OH excluding ortho intramolecular Hbond substituents is 1. The minimum atomic E-state index is -0.438. The van der Waals surface area contributed by atoms with Crippen LogP contribution in [0.4, 0.5) is 0 Å². The van der Waals surface area contributed by atoms with Gasteiger partial charge in [0, 0.05) is 0 Å². The number of aromatic hydroxyl groups is 1. The van der Waals surface area contributed by atoms with Gasteiger partial charge in [0.05, 0.1) is 11.3 Å². The van der Waals surface area contributed by atoms with Crippen LogP contribution in [0.25, 0.3) is 10.8 Å². The van der Waals surface area contributed by atoms with Crippen molar-refractivity contribution < 1.29 is 9.90 Å². The first-order chi connectivity index (χ1) is 12.0. The molecule has 0 aliphatic heterocycles. The van der Waals surface area contributed by atoms with E-state index in [1.165, 1.54) is 11.1 Å². The van der Waals surface area contributed by atoms with E-state index < -0.39 is 5.91 Å². The van der Waals surface area contributed by atoms with Gasteiger partial charge in [0.2, 0.25) is 0 Å². The van der Waals surface area contributed by atoms with Gasteiger partial charge in [0.25, 0.3) is 5.91 Å². The van der Waals surface area contributed by atoms with Gasteiger partial charge in [-0.15, -0.1) is 0 Å². The van der Waals surface area contributed by atoms with Crippen LogP contribution in [0.1, 0.15) is 34.0 Å². The van der Waals surface area contributed by atoms with E-state index in [2.05, 4.69) is 17.5 Å². The van der Waals surface area contributed by atoms with Crippen LogP contribution in [0, 0.1) is 13.8 Å². The summed E-state index contributed by atoms with van der Waals surface area (Å²) in [4.78, 5) is 12.4. The van der Waals surface area contributed by atoms with Gasteiger partial charge in [-0.25, -0.2) is 5.43 Å². The highest BCUT2D eigenvalue weighted by atomic mass is 16.3. The van der Waals surface area contributed by atoms with Gasteiger partial charge in [-0.3, -0.25) is 4.79 Å². The number of rotatable bonds is 3. The van der Waals surface area contributed by atoms with Crippen LogP contribution < -0.4 is 5.43 Å². The number of nitrogens with one attached hydrogen (secondary N) is 1. The summed E-state index contributed by atoms with van der Waals surface area (Å²) in [7, 11) is 0. The number of benzene rings is 3.